The Hall–Kier alpha value is -1.36. The van der Waals surface area contributed by atoms with E-state index in [-0.39, 0.29) is 12.0 Å². The zero-order valence-electron chi connectivity index (χ0n) is 12.0. The van der Waals surface area contributed by atoms with E-state index in [1.807, 2.05) is 13.0 Å². The van der Waals surface area contributed by atoms with Gasteiger partial charge >= 0.3 is 0 Å². The minimum atomic E-state index is -0.378. The SMILES string of the molecule is CCn1nc(CC(C)C)cc1C(=O)N1CC[C@@H](O)C1. The molecule has 19 heavy (non-hydrogen) atoms. The Morgan fingerprint density at radius 2 is 2.32 bits per heavy atom. The van der Waals surface area contributed by atoms with Gasteiger partial charge in [0.15, 0.2) is 0 Å². The summed E-state index contributed by atoms with van der Waals surface area (Å²) in [5, 5.41) is 14.0. The van der Waals surface area contributed by atoms with Crippen LogP contribution in [0, 0.1) is 5.92 Å². The maximum Gasteiger partial charge on any atom is 0.272 e. The highest BCUT2D eigenvalue weighted by Gasteiger charge is 2.27. The summed E-state index contributed by atoms with van der Waals surface area (Å²) in [7, 11) is 0. The molecule has 1 aromatic heterocycles. The number of aliphatic hydroxyl groups excluding tert-OH is 1. The lowest BCUT2D eigenvalue weighted by molar-refractivity contribution is 0.0753. The molecule has 2 heterocycles. The zero-order chi connectivity index (χ0) is 14.0. The highest BCUT2D eigenvalue weighted by atomic mass is 16.3. The topological polar surface area (TPSA) is 58.4 Å². The Bertz CT molecular complexity index is 454. The van der Waals surface area contributed by atoms with E-state index in [2.05, 4.69) is 18.9 Å². The molecule has 1 N–H and O–H groups in total. The number of hydrogen-bond donors (Lipinski definition) is 1. The molecule has 106 valence electrons. The van der Waals surface area contributed by atoms with Crippen LogP contribution >= 0.6 is 0 Å². The molecular formula is C14H23N3O2. The number of rotatable bonds is 4. The van der Waals surface area contributed by atoms with Crippen molar-refractivity contribution in [3.8, 4) is 0 Å². The number of aryl methyl sites for hydroxylation is 1. The number of aromatic nitrogens is 2. The summed E-state index contributed by atoms with van der Waals surface area (Å²) in [4.78, 5) is 14.1. The maximum absolute atomic E-state index is 12.4. The summed E-state index contributed by atoms with van der Waals surface area (Å²) in [6.07, 6.45) is 1.18. The normalized spacial score (nSPS) is 19.4. The third-order valence-corrected chi connectivity index (χ3v) is 3.42. The predicted octanol–water partition coefficient (Wildman–Crippen LogP) is 1.31. The van der Waals surface area contributed by atoms with Crippen LogP contribution in [0.1, 0.15) is 43.4 Å². The summed E-state index contributed by atoms with van der Waals surface area (Å²) in [5.74, 6) is 0.512. The lowest BCUT2D eigenvalue weighted by Gasteiger charge is -2.15. The molecule has 0 aliphatic carbocycles. The molecule has 1 aliphatic rings. The second-order valence-corrected chi connectivity index (χ2v) is 5.63. The summed E-state index contributed by atoms with van der Waals surface area (Å²) in [5.41, 5.74) is 1.62. The van der Waals surface area contributed by atoms with Gasteiger partial charge in [0.2, 0.25) is 0 Å². The quantitative estimate of drug-likeness (QED) is 0.893. The molecule has 5 nitrogen and oxygen atoms in total. The van der Waals surface area contributed by atoms with E-state index in [1.54, 1.807) is 9.58 Å². The van der Waals surface area contributed by atoms with Crippen LogP contribution in [-0.4, -0.2) is 44.9 Å². The van der Waals surface area contributed by atoms with Crippen LogP contribution in [0.5, 0.6) is 0 Å². The van der Waals surface area contributed by atoms with Gasteiger partial charge in [0.05, 0.1) is 11.8 Å². The number of carbonyl (C=O) groups is 1. The molecule has 1 fully saturated rings. The molecule has 1 aliphatic heterocycles. The van der Waals surface area contributed by atoms with Crippen molar-refractivity contribution in [1.29, 1.82) is 0 Å². The molecule has 1 atom stereocenters. The summed E-state index contributed by atoms with van der Waals surface area (Å²) >= 11 is 0. The fourth-order valence-electron chi connectivity index (χ4n) is 2.49. The largest absolute Gasteiger partial charge is 0.391 e. The van der Waals surface area contributed by atoms with Crippen LogP contribution in [0.4, 0.5) is 0 Å². The van der Waals surface area contributed by atoms with E-state index < -0.39 is 0 Å². The lowest BCUT2D eigenvalue weighted by atomic mass is 10.1. The smallest absolute Gasteiger partial charge is 0.272 e. The van der Waals surface area contributed by atoms with Gasteiger partial charge in [0, 0.05) is 19.6 Å². The average molecular weight is 265 g/mol. The molecule has 1 aromatic rings. The van der Waals surface area contributed by atoms with E-state index in [1.165, 1.54) is 0 Å². The van der Waals surface area contributed by atoms with Crippen molar-refractivity contribution in [1.82, 2.24) is 14.7 Å². The summed E-state index contributed by atoms with van der Waals surface area (Å²) in [6, 6.07) is 1.90. The lowest BCUT2D eigenvalue weighted by Crippen LogP contribution is -2.31. The van der Waals surface area contributed by atoms with E-state index in [0.717, 1.165) is 12.1 Å². The Labute approximate surface area is 114 Å². The van der Waals surface area contributed by atoms with Crippen LogP contribution < -0.4 is 0 Å². The molecule has 0 saturated carbocycles. The molecule has 0 spiro atoms. The summed E-state index contributed by atoms with van der Waals surface area (Å²) in [6.45, 7) is 8.03. The van der Waals surface area contributed by atoms with Crippen molar-refractivity contribution >= 4 is 5.91 Å². The van der Waals surface area contributed by atoms with Gasteiger partial charge in [0.1, 0.15) is 5.69 Å². The molecule has 0 bridgehead atoms. The highest BCUT2D eigenvalue weighted by molar-refractivity contribution is 5.93. The van der Waals surface area contributed by atoms with Gasteiger partial charge in [0.25, 0.3) is 5.91 Å². The molecule has 0 aromatic carbocycles. The van der Waals surface area contributed by atoms with Gasteiger partial charge in [-0.25, -0.2) is 0 Å². The minimum Gasteiger partial charge on any atom is -0.391 e. The van der Waals surface area contributed by atoms with Gasteiger partial charge in [-0.05, 0) is 31.7 Å². The van der Waals surface area contributed by atoms with Crippen molar-refractivity contribution in [2.45, 2.75) is 46.3 Å². The third-order valence-electron chi connectivity index (χ3n) is 3.42. The first-order valence-electron chi connectivity index (χ1n) is 7.05. The van der Waals surface area contributed by atoms with Crippen LogP contribution in [-0.2, 0) is 13.0 Å². The number of amides is 1. The molecule has 1 amide bonds. The van der Waals surface area contributed by atoms with Gasteiger partial charge in [-0.1, -0.05) is 13.8 Å². The predicted molar refractivity (Wildman–Crippen MR) is 73.0 cm³/mol. The van der Waals surface area contributed by atoms with Crippen molar-refractivity contribution in [3.05, 3.63) is 17.5 Å². The zero-order valence-corrected chi connectivity index (χ0v) is 12.0. The first-order valence-corrected chi connectivity index (χ1v) is 7.05. The maximum atomic E-state index is 12.4. The van der Waals surface area contributed by atoms with Gasteiger partial charge in [-0.15, -0.1) is 0 Å². The van der Waals surface area contributed by atoms with Crippen molar-refractivity contribution < 1.29 is 9.90 Å². The molecule has 0 unspecified atom stereocenters. The van der Waals surface area contributed by atoms with Gasteiger partial charge < -0.3 is 10.0 Å². The number of hydrogen-bond acceptors (Lipinski definition) is 3. The number of β-amino-alcohol motifs (C(OH)–C–C–N with tert-alkyl or cyclic N) is 1. The first kappa shape index (κ1) is 14.1. The van der Waals surface area contributed by atoms with Crippen molar-refractivity contribution in [2.24, 2.45) is 5.92 Å². The molecule has 5 heteroatoms. The van der Waals surface area contributed by atoms with Crippen LogP contribution in [0.3, 0.4) is 0 Å². The van der Waals surface area contributed by atoms with E-state index in [4.69, 9.17) is 0 Å². The Morgan fingerprint density at radius 3 is 2.84 bits per heavy atom. The number of likely N-dealkylation sites (tertiary alicyclic amines) is 1. The van der Waals surface area contributed by atoms with Crippen molar-refractivity contribution in [2.75, 3.05) is 13.1 Å². The van der Waals surface area contributed by atoms with Gasteiger partial charge in [-0.2, -0.15) is 5.10 Å². The van der Waals surface area contributed by atoms with Crippen LogP contribution in [0.2, 0.25) is 0 Å². The van der Waals surface area contributed by atoms with E-state index >= 15 is 0 Å². The molecule has 1 saturated heterocycles. The highest BCUT2D eigenvalue weighted by Crippen LogP contribution is 2.16. The second-order valence-electron chi connectivity index (χ2n) is 5.63. The van der Waals surface area contributed by atoms with E-state index in [0.29, 0.717) is 37.7 Å². The molecular weight excluding hydrogens is 242 g/mol. The number of carbonyl (C=O) groups excluding carboxylic acids is 1. The fraction of sp³-hybridized carbons (Fsp3) is 0.714. The Morgan fingerprint density at radius 1 is 1.58 bits per heavy atom. The fourth-order valence-corrected chi connectivity index (χ4v) is 2.49. The number of nitrogens with zero attached hydrogens (tertiary/aromatic N) is 3. The standard InChI is InChI=1S/C14H23N3O2/c1-4-17-13(8-11(15-17)7-10(2)3)14(19)16-6-5-12(18)9-16/h8,10,12,18H,4-7,9H2,1-3H3/t12-/m1/s1. The minimum absolute atomic E-state index is 0.0130. The van der Waals surface area contributed by atoms with Gasteiger partial charge in [-0.3, -0.25) is 9.48 Å². The Kier molecular flexibility index (Phi) is 4.24. The first-order chi connectivity index (χ1) is 9.01. The second kappa shape index (κ2) is 5.74. The average Bonchev–Trinajstić information content (AvgIpc) is 2.94. The van der Waals surface area contributed by atoms with Crippen LogP contribution in [0.15, 0.2) is 6.07 Å². The third kappa shape index (κ3) is 3.15. The van der Waals surface area contributed by atoms with Crippen LogP contribution in [0.25, 0.3) is 0 Å². The molecule has 2 rings (SSSR count). The monoisotopic (exact) mass is 265 g/mol. The number of aliphatic hydroxyl groups is 1. The Balaban J connectivity index is 2.18. The summed E-state index contributed by atoms with van der Waals surface area (Å²) < 4.78 is 1.77. The van der Waals surface area contributed by atoms with E-state index in [9.17, 15) is 9.90 Å². The molecule has 0 radical (unpaired) electrons. The van der Waals surface area contributed by atoms with Crippen molar-refractivity contribution in [3.63, 3.8) is 0 Å².